The van der Waals surface area contributed by atoms with Crippen LogP contribution in [0, 0.1) is 0 Å². The van der Waals surface area contributed by atoms with E-state index in [2.05, 4.69) is 12.1 Å². The lowest BCUT2D eigenvalue weighted by molar-refractivity contribution is -0.132. The molecule has 0 unspecified atom stereocenters. The second-order valence-corrected chi connectivity index (χ2v) is 6.68. The molecule has 0 aromatic heterocycles. The van der Waals surface area contributed by atoms with E-state index in [9.17, 15) is 4.79 Å². The van der Waals surface area contributed by atoms with E-state index in [0.717, 1.165) is 5.56 Å². The van der Waals surface area contributed by atoms with Gasteiger partial charge in [0.15, 0.2) is 18.1 Å². The largest absolute Gasteiger partial charge is 0.493 e. The summed E-state index contributed by atoms with van der Waals surface area (Å²) in [6.45, 7) is 3.08. The Balaban J connectivity index is 1.61. The van der Waals surface area contributed by atoms with Crippen LogP contribution in [0.2, 0.25) is 0 Å². The second-order valence-electron chi connectivity index (χ2n) is 6.68. The molecule has 1 saturated heterocycles. The number of carbonyl (C=O) groups is 1. The number of carbonyl (C=O) groups excluding carboxylic acids is 1. The first kappa shape index (κ1) is 19.0. The van der Waals surface area contributed by atoms with Gasteiger partial charge in [0.2, 0.25) is 0 Å². The Hall–Kier alpha value is -2.79. The van der Waals surface area contributed by atoms with Gasteiger partial charge in [0.25, 0.3) is 5.91 Å². The summed E-state index contributed by atoms with van der Waals surface area (Å²) in [5, 5.41) is 0. The van der Waals surface area contributed by atoms with Gasteiger partial charge in [0.1, 0.15) is 0 Å². The Morgan fingerprint density at radius 2 is 1.96 bits per heavy atom. The molecule has 1 heterocycles. The molecule has 142 valence electrons. The highest BCUT2D eigenvalue weighted by Gasteiger charge is 2.33. The van der Waals surface area contributed by atoms with Crippen molar-refractivity contribution in [3.8, 4) is 11.5 Å². The average molecular weight is 366 g/mol. The smallest absolute Gasteiger partial charge is 0.260 e. The van der Waals surface area contributed by atoms with Crippen molar-refractivity contribution in [1.29, 1.82) is 0 Å². The zero-order chi connectivity index (χ0) is 19.2. The zero-order valence-corrected chi connectivity index (χ0v) is 15.8. The summed E-state index contributed by atoms with van der Waals surface area (Å²) in [7, 11) is 1.59. The van der Waals surface area contributed by atoms with Gasteiger partial charge in [-0.25, -0.2) is 0 Å². The molecule has 1 aliphatic heterocycles. The topological polar surface area (TPSA) is 64.8 Å². The van der Waals surface area contributed by atoms with Crippen LogP contribution < -0.4 is 15.2 Å². The van der Waals surface area contributed by atoms with Gasteiger partial charge in [-0.15, -0.1) is 0 Å². The molecule has 0 saturated carbocycles. The monoisotopic (exact) mass is 366 g/mol. The van der Waals surface area contributed by atoms with Crippen molar-refractivity contribution in [3.05, 3.63) is 65.7 Å². The van der Waals surface area contributed by atoms with Crippen LogP contribution >= 0.6 is 0 Å². The molecule has 2 aromatic rings. The van der Waals surface area contributed by atoms with Gasteiger partial charge in [-0.1, -0.05) is 48.6 Å². The van der Waals surface area contributed by atoms with E-state index in [0.29, 0.717) is 24.6 Å². The highest BCUT2D eigenvalue weighted by Crippen LogP contribution is 2.29. The van der Waals surface area contributed by atoms with E-state index >= 15 is 0 Å². The number of nitrogens with two attached hydrogens (primary N) is 1. The molecule has 1 amide bonds. The first-order valence-electron chi connectivity index (χ1n) is 9.14. The number of allylic oxidation sites excluding steroid dienone is 1. The number of benzene rings is 2. The van der Waals surface area contributed by atoms with Crippen LogP contribution in [0.3, 0.4) is 0 Å². The van der Waals surface area contributed by atoms with Crippen molar-refractivity contribution < 1.29 is 14.3 Å². The molecule has 3 rings (SSSR count). The van der Waals surface area contributed by atoms with Crippen LogP contribution in [0.1, 0.15) is 24.0 Å². The van der Waals surface area contributed by atoms with Crippen LogP contribution in [0.15, 0.2) is 54.6 Å². The minimum Gasteiger partial charge on any atom is -0.493 e. The molecule has 0 aliphatic carbocycles. The minimum absolute atomic E-state index is 0.0342. The lowest BCUT2D eigenvalue weighted by atomic mass is 9.95. The van der Waals surface area contributed by atoms with Crippen molar-refractivity contribution in [2.45, 2.75) is 18.9 Å². The van der Waals surface area contributed by atoms with Gasteiger partial charge >= 0.3 is 0 Å². The van der Waals surface area contributed by atoms with Crippen LogP contribution in [-0.4, -0.2) is 43.7 Å². The molecule has 0 spiro atoms. The molecular weight excluding hydrogens is 340 g/mol. The molecule has 0 bridgehead atoms. The first-order chi connectivity index (χ1) is 13.1. The van der Waals surface area contributed by atoms with Crippen molar-refractivity contribution in [2.24, 2.45) is 5.73 Å². The SMILES string of the molecule is C/C=C/c1ccc(OCC(=O)N2C[C@@H](N)[C@H](c3ccccc3)C2)c(OC)c1. The van der Waals surface area contributed by atoms with Crippen molar-refractivity contribution in [2.75, 3.05) is 26.8 Å². The number of amides is 1. The summed E-state index contributed by atoms with van der Waals surface area (Å²) in [5.41, 5.74) is 8.46. The van der Waals surface area contributed by atoms with Gasteiger partial charge in [0.05, 0.1) is 7.11 Å². The number of rotatable bonds is 6. The molecule has 0 radical (unpaired) electrons. The maximum Gasteiger partial charge on any atom is 0.260 e. The second kappa shape index (κ2) is 8.73. The summed E-state index contributed by atoms with van der Waals surface area (Å²) in [4.78, 5) is 14.4. The van der Waals surface area contributed by atoms with Crippen LogP contribution in [-0.2, 0) is 4.79 Å². The lowest BCUT2D eigenvalue weighted by Gasteiger charge is -2.17. The number of methoxy groups -OCH3 is 1. The van der Waals surface area contributed by atoms with E-state index in [-0.39, 0.29) is 24.5 Å². The van der Waals surface area contributed by atoms with Crippen molar-refractivity contribution in [3.63, 3.8) is 0 Å². The lowest BCUT2D eigenvalue weighted by Crippen LogP contribution is -2.35. The molecule has 2 aromatic carbocycles. The van der Waals surface area contributed by atoms with E-state index in [1.54, 1.807) is 12.0 Å². The predicted octanol–water partition coefficient (Wildman–Crippen LogP) is 3.06. The Morgan fingerprint density at radius 1 is 1.19 bits per heavy atom. The minimum atomic E-state index is -0.0662. The quantitative estimate of drug-likeness (QED) is 0.853. The summed E-state index contributed by atoms with van der Waals surface area (Å²) < 4.78 is 11.1. The maximum atomic E-state index is 12.6. The molecule has 1 aliphatic rings. The third-order valence-corrected chi connectivity index (χ3v) is 4.84. The third kappa shape index (κ3) is 4.49. The van der Waals surface area contributed by atoms with Crippen LogP contribution in [0.5, 0.6) is 11.5 Å². The summed E-state index contributed by atoms with van der Waals surface area (Å²) in [5.74, 6) is 1.26. The normalized spacial score (nSPS) is 19.4. The summed E-state index contributed by atoms with van der Waals surface area (Å²) in [6.07, 6.45) is 3.94. The summed E-state index contributed by atoms with van der Waals surface area (Å²) >= 11 is 0. The predicted molar refractivity (Wildman–Crippen MR) is 107 cm³/mol. The van der Waals surface area contributed by atoms with Gasteiger partial charge < -0.3 is 20.1 Å². The molecule has 5 heteroatoms. The number of hydrogen-bond donors (Lipinski definition) is 1. The summed E-state index contributed by atoms with van der Waals surface area (Å²) in [6, 6.07) is 15.7. The Morgan fingerprint density at radius 3 is 2.67 bits per heavy atom. The fourth-order valence-electron chi connectivity index (χ4n) is 3.42. The molecule has 2 N–H and O–H groups in total. The maximum absolute atomic E-state index is 12.6. The van der Waals surface area contributed by atoms with E-state index in [1.807, 2.05) is 55.5 Å². The van der Waals surface area contributed by atoms with Gasteiger partial charge in [0, 0.05) is 25.0 Å². The zero-order valence-electron chi connectivity index (χ0n) is 15.8. The van der Waals surface area contributed by atoms with Gasteiger partial charge in [-0.3, -0.25) is 4.79 Å². The number of ether oxygens (including phenoxy) is 2. The number of nitrogens with zero attached hydrogens (tertiary/aromatic N) is 1. The molecule has 5 nitrogen and oxygen atoms in total. The highest BCUT2D eigenvalue weighted by atomic mass is 16.5. The van der Waals surface area contributed by atoms with Crippen molar-refractivity contribution in [1.82, 2.24) is 4.90 Å². The van der Waals surface area contributed by atoms with Crippen molar-refractivity contribution >= 4 is 12.0 Å². The Kier molecular flexibility index (Phi) is 6.14. The van der Waals surface area contributed by atoms with Gasteiger partial charge in [-0.05, 0) is 30.2 Å². The first-order valence-corrected chi connectivity index (χ1v) is 9.14. The fourth-order valence-corrected chi connectivity index (χ4v) is 3.42. The van der Waals surface area contributed by atoms with Crippen LogP contribution in [0.25, 0.3) is 6.08 Å². The molecule has 27 heavy (non-hydrogen) atoms. The van der Waals surface area contributed by atoms with E-state index < -0.39 is 0 Å². The Bertz CT molecular complexity index is 804. The number of likely N-dealkylation sites (tertiary alicyclic amines) is 1. The van der Waals surface area contributed by atoms with Gasteiger partial charge in [-0.2, -0.15) is 0 Å². The average Bonchev–Trinajstić information content (AvgIpc) is 3.09. The van der Waals surface area contributed by atoms with Crippen LogP contribution in [0.4, 0.5) is 0 Å². The molecule has 2 atom stereocenters. The Labute approximate surface area is 160 Å². The fraction of sp³-hybridized carbons (Fsp3) is 0.318. The third-order valence-electron chi connectivity index (χ3n) is 4.84. The number of hydrogen-bond acceptors (Lipinski definition) is 4. The van der Waals surface area contributed by atoms with E-state index in [4.69, 9.17) is 15.2 Å². The molecule has 1 fully saturated rings. The van der Waals surface area contributed by atoms with E-state index in [1.165, 1.54) is 5.56 Å². The highest BCUT2D eigenvalue weighted by molar-refractivity contribution is 5.78. The molecular formula is C22H26N2O3. The standard InChI is InChI=1S/C22H26N2O3/c1-3-7-16-10-11-20(21(12-16)26-2)27-15-22(25)24-13-18(19(23)14-24)17-8-5-4-6-9-17/h3-12,18-19H,13-15,23H2,1-2H3/b7-3+/t18-,19+/m0/s1.